The van der Waals surface area contributed by atoms with Gasteiger partial charge in [-0.2, -0.15) is 5.10 Å². The molecule has 0 radical (unpaired) electrons. The number of nitrogens with one attached hydrogen (secondary N) is 2. The van der Waals surface area contributed by atoms with Crippen LogP contribution in [-0.4, -0.2) is 21.1 Å². The summed E-state index contributed by atoms with van der Waals surface area (Å²) < 4.78 is 0. The minimum Gasteiger partial charge on any atom is -0.352 e. The molecule has 0 bridgehead atoms. The molecule has 110 valence electrons. The van der Waals surface area contributed by atoms with Gasteiger partial charge in [0.2, 0.25) is 5.91 Å². The maximum absolute atomic E-state index is 11.9. The smallest absolute Gasteiger partial charge is 0.226 e. The number of benzene rings is 1. The number of carbonyl (C=O) groups is 1. The molecule has 0 saturated heterocycles. The highest BCUT2D eigenvalue weighted by Gasteiger charge is 2.05. The molecule has 0 unspecified atom stereocenters. The fraction of sp³-hybridized carbons (Fsp3) is 0.118. The van der Waals surface area contributed by atoms with Crippen molar-refractivity contribution in [2.75, 3.05) is 0 Å². The van der Waals surface area contributed by atoms with Crippen molar-refractivity contribution in [3.05, 3.63) is 72.3 Å². The van der Waals surface area contributed by atoms with Crippen molar-refractivity contribution in [3.8, 4) is 11.1 Å². The standard InChI is InChI=1S/C17H16N4O/c22-17(19-9-13-4-2-1-3-5-13)8-16-7-6-14(10-18-16)15-11-20-21-12-15/h1-7,10-12H,8-9H2,(H,19,22)(H,20,21). The van der Waals surface area contributed by atoms with E-state index in [-0.39, 0.29) is 12.3 Å². The van der Waals surface area contributed by atoms with Gasteiger partial charge in [-0.1, -0.05) is 36.4 Å². The van der Waals surface area contributed by atoms with Crippen LogP contribution in [0.2, 0.25) is 0 Å². The second-order valence-electron chi connectivity index (χ2n) is 4.96. The number of rotatable bonds is 5. The molecule has 0 aliphatic carbocycles. The van der Waals surface area contributed by atoms with Gasteiger partial charge in [-0.05, 0) is 11.6 Å². The maximum Gasteiger partial charge on any atom is 0.226 e. The number of amides is 1. The van der Waals surface area contributed by atoms with Crippen molar-refractivity contribution in [2.45, 2.75) is 13.0 Å². The van der Waals surface area contributed by atoms with Crippen LogP contribution in [0.1, 0.15) is 11.3 Å². The van der Waals surface area contributed by atoms with Gasteiger partial charge in [-0.15, -0.1) is 0 Å². The topological polar surface area (TPSA) is 70.7 Å². The molecule has 2 N–H and O–H groups in total. The zero-order valence-corrected chi connectivity index (χ0v) is 12.0. The minimum atomic E-state index is -0.0348. The van der Waals surface area contributed by atoms with Crippen LogP contribution in [0.5, 0.6) is 0 Å². The van der Waals surface area contributed by atoms with Crippen molar-refractivity contribution in [1.82, 2.24) is 20.5 Å². The van der Waals surface area contributed by atoms with Gasteiger partial charge in [0.05, 0.1) is 12.6 Å². The molecule has 3 aromatic rings. The Labute approximate surface area is 128 Å². The van der Waals surface area contributed by atoms with Crippen LogP contribution >= 0.6 is 0 Å². The Hall–Kier alpha value is -2.95. The molecule has 0 saturated carbocycles. The van der Waals surface area contributed by atoms with Crippen molar-refractivity contribution >= 4 is 5.91 Å². The average Bonchev–Trinajstić information content (AvgIpc) is 3.09. The number of hydrogen-bond acceptors (Lipinski definition) is 3. The van der Waals surface area contributed by atoms with Crippen molar-refractivity contribution in [1.29, 1.82) is 0 Å². The number of carbonyl (C=O) groups excluding carboxylic acids is 1. The van der Waals surface area contributed by atoms with Crippen molar-refractivity contribution in [3.63, 3.8) is 0 Å². The third kappa shape index (κ3) is 3.58. The van der Waals surface area contributed by atoms with Gasteiger partial charge >= 0.3 is 0 Å². The molecular weight excluding hydrogens is 276 g/mol. The highest BCUT2D eigenvalue weighted by Crippen LogP contribution is 2.16. The second-order valence-corrected chi connectivity index (χ2v) is 4.96. The molecule has 5 heteroatoms. The fourth-order valence-electron chi connectivity index (χ4n) is 2.13. The van der Waals surface area contributed by atoms with E-state index in [0.29, 0.717) is 6.54 Å². The van der Waals surface area contributed by atoms with E-state index < -0.39 is 0 Å². The van der Waals surface area contributed by atoms with E-state index in [0.717, 1.165) is 22.4 Å². The summed E-state index contributed by atoms with van der Waals surface area (Å²) in [6.45, 7) is 0.535. The molecule has 0 aliphatic rings. The normalized spacial score (nSPS) is 10.4. The number of H-pyrrole nitrogens is 1. The van der Waals surface area contributed by atoms with Crippen LogP contribution in [0.4, 0.5) is 0 Å². The predicted octanol–water partition coefficient (Wildman–Crippen LogP) is 2.33. The van der Waals surface area contributed by atoms with E-state index in [1.807, 2.05) is 48.7 Å². The summed E-state index contributed by atoms with van der Waals surface area (Å²) in [6.07, 6.45) is 5.58. The van der Waals surface area contributed by atoms with E-state index in [1.165, 1.54) is 0 Å². The molecule has 0 atom stereocenters. The van der Waals surface area contributed by atoms with Crippen LogP contribution in [0, 0.1) is 0 Å². The third-order valence-electron chi connectivity index (χ3n) is 3.33. The molecule has 0 aliphatic heterocycles. The largest absolute Gasteiger partial charge is 0.352 e. The first kappa shape index (κ1) is 14.0. The lowest BCUT2D eigenvalue weighted by Crippen LogP contribution is -2.24. The van der Waals surface area contributed by atoms with Gasteiger partial charge in [0.25, 0.3) is 0 Å². The zero-order chi connectivity index (χ0) is 15.2. The van der Waals surface area contributed by atoms with Crippen LogP contribution < -0.4 is 5.32 Å². The molecule has 2 heterocycles. The summed E-state index contributed by atoms with van der Waals surface area (Å²) >= 11 is 0. The monoisotopic (exact) mass is 292 g/mol. The Morgan fingerprint density at radius 1 is 1.05 bits per heavy atom. The van der Waals surface area contributed by atoms with Gasteiger partial charge in [0.15, 0.2) is 0 Å². The fourth-order valence-corrected chi connectivity index (χ4v) is 2.13. The molecule has 1 amide bonds. The summed E-state index contributed by atoms with van der Waals surface area (Å²) in [5, 5.41) is 9.57. The predicted molar refractivity (Wildman–Crippen MR) is 83.8 cm³/mol. The van der Waals surface area contributed by atoms with E-state index in [1.54, 1.807) is 12.4 Å². The van der Waals surface area contributed by atoms with E-state index >= 15 is 0 Å². The summed E-state index contributed by atoms with van der Waals surface area (Å²) in [4.78, 5) is 16.3. The highest BCUT2D eigenvalue weighted by molar-refractivity contribution is 5.78. The molecule has 0 fully saturated rings. The molecule has 1 aromatic carbocycles. The van der Waals surface area contributed by atoms with Gasteiger partial charge in [0.1, 0.15) is 0 Å². The first-order valence-corrected chi connectivity index (χ1v) is 7.06. The number of aromatic nitrogens is 3. The number of hydrogen-bond donors (Lipinski definition) is 2. The molecular formula is C17H16N4O. The average molecular weight is 292 g/mol. The third-order valence-corrected chi connectivity index (χ3v) is 3.33. The van der Waals surface area contributed by atoms with E-state index in [4.69, 9.17) is 0 Å². The van der Waals surface area contributed by atoms with Crippen molar-refractivity contribution < 1.29 is 4.79 Å². The number of pyridine rings is 1. The first-order valence-electron chi connectivity index (χ1n) is 7.06. The number of aromatic amines is 1. The summed E-state index contributed by atoms with van der Waals surface area (Å²) in [5.41, 5.74) is 3.78. The molecule has 0 spiro atoms. The highest BCUT2D eigenvalue weighted by atomic mass is 16.1. The lowest BCUT2D eigenvalue weighted by molar-refractivity contribution is -0.120. The molecule has 3 rings (SSSR count). The van der Waals surface area contributed by atoms with Crippen molar-refractivity contribution in [2.24, 2.45) is 0 Å². The SMILES string of the molecule is O=C(Cc1ccc(-c2cn[nH]c2)cn1)NCc1ccccc1. The first-order chi connectivity index (χ1) is 10.8. The minimum absolute atomic E-state index is 0.0348. The van der Waals surface area contributed by atoms with Crippen LogP contribution in [-0.2, 0) is 17.8 Å². The maximum atomic E-state index is 11.9. The van der Waals surface area contributed by atoms with Gasteiger partial charge in [-0.3, -0.25) is 14.9 Å². The molecule has 5 nitrogen and oxygen atoms in total. The summed E-state index contributed by atoms with van der Waals surface area (Å²) in [7, 11) is 0. The Morgan fingerprint density at radius 2 is 1.91 bits per heavy atom. The quantitative estimate of drug-likeness (QED) is 0.758. The Bertz CT molecular complexity index is 721. The molecule has 2 aromatic heterocycles. The summed E-state index contributed by atoms with van der Waals surface area (Å²) in [6, 6.07) is 13.6. The van der Waals surface area contributed by atoms with Gasteiger partial charge in [0, 0.05) is 35.8 Å². The van der Waals surface area contributed by atoms with E-state index in [2.05, 4.69) is 20.5 Å². The Morgan fingerprint density at radius 3 is 2.59 bits per heavy atom. The van der Waals surface area contributed by atoms with Crippen LogP contribution in [0.25, 0.3) is 11.1 Å². The lowest BCUT2D eigenvalue weighted by atomic mass is 10.1. The van der Waals surface area contributed by atoms with Gasteiger partial charge < -0.3 is 5.32 Å². The Balaban J connectivity index is 1.55. The van der Waals surface area contributed by atoms with Crippen LogP contribution in [0.3, 0.4) is 0 Å². The Kier molecular flexibility index (Phi) is 4.25. The summed E-state index contributed by atoms with van der Waals surface area (Å²) in [5.74, 6) is -0.0348. The number of nitrogens with zero attached hydrogens (tertiary/aromatic N) is 2. The lowest BCUT2D eigenvalue weighted by Gasteiger charge is -2.05. The van der Waals surface area contributed by atoms with Gasteiger partial charge in [-0.25, -0.2) is 0 Å². The molecule has 22 heavy (non-hydrogen) atoms. The zero-order valence-electron chi connectivity index (χ0n) is 12.0. The van der Waals surface area contributed by atoms with Crippen LogP contribution in [0.15, 0.2) is 61.1 Å². The van der Waals surface area contributed by atoms with E-state index in [9.17, 15) is 4.79 Å². The second kappa shape index (κ2) is 6.67.